The summed E-state index contributed by atoms with van der Waals surface area (Å²) < 4.78 is 0. The summed E-state index contributed by atoms with van der Waals surface area (Å²) in [5.41, 5.74) is 0. The number of hydrogen-bond acceptors (Lipinski definition) is 4. The van der Waals surface area contributed by atoms with Crippen LogP contribution in [0.2, 0.25) is 0 Å². The van der Waals surface area contributed by atoms with Crippen LogP contribution in [0, 0.1) is 17.8 Å². The van der Waals surface area contributed by atoms with E-state index in [-0.39, 0.29) is 18.4 Å². The van der Waals surface area contributed by atoms with E-state index in [1.54, 1.807) is 11.3 Å². The Morgan fingerprint density at radius 1 is 1.41 bits per heavy atom. The van der Waals surface area contributed by atoms with Gasteiger partial charge >= 0.3 is 5.97 Å². The van der Waals surface area contributed by atoms with Crippen LogP contribution in [0.3, 0.4) is 0 Å². The van der Waals surface area contributed by atoms with E-state index < -0.39 is 12.0 Å². The van der Waals surface area contributed by atoms with Gasteiger partial charge in [0.15, 0.2) is 0 Å². The third-order valence-electron chi connectivity index (χ3n) is 3.15. The normalized spacial score (nSPS) is 12.9. The summed E-state index contributed by atoms with van der Waals surface area (Å²) in [7, 11) is 0. The summed E-state index contributed by atoms with van der Waals surface area (Å²) in [6.45, 7) is 3.16. The molecule has 0 saturated heterocycles. The molecular formula is C16H21NO4S. The van der Waals surface area contributed by atoms with E-state index >= 15 is 0 Å². The van der Waals surface area contributed by atoms with E-state index in [0.29, 0.717) is 6.42 Å². The van der Waals surface area contributed by atoms with Crippen molar-refractivity contribution in [1.82, 2.24) is 5.32 Å². The molecule has 0 spiro atoms. The Balaban J connectivity index is 2.47. The Labute approximate surface area is 134 Å². The lowest BCUT2D eigenvalue weighted by Gasteiger charge is -2.17. The first-order valence-electron chi connectivity index (χ1n) is 7.10. The van der Waals surface area contributed by atoms with E-state index in [1.165, 1.54) is 11.8 Å². The van der Waals surface area contributed by atoms with Gasteiger partial charge in [0, 0.05) is 11.8 Å². The minimum Gasteiger partial charge on any atom is -0.480 e. The van der Waals surface area contributed by atoms with Crippen molar-refractivity contribution in [2.45, 2.75) is 39.2 Å². The molecule has 0 fully saturated rings. The summed E-state index contributed by atoms with van der Waals surface area (Å²) in [5, 5.41) is 20.2. The molecule has 0 aliphatic heterocycles. The Kier molecular flexibility index (Phi) is 7.64. The van der Waals surface area contributed by atoms with Crippen LogP contribution >= 0.6 is 11.3 Å². The fourth-order valence-electron chi connectivity index (χ4n) is 2.08. The van der Waals surface area contributed by atoms with Gasteiger partial charge in [-0.3, -0.25) is 4.79 Å². The molecule has 1 heterocycles. The van der Waals surface area contributed by atoms with Crippen molar-refractivity contribution < 1.29 is 19.8 Å². The molecule has 0 saturated carbocycles. The average molecular weight is 323 g/mol. The maximum atomic E-state index is 11.1. The molecule has 0 radical (unpaired) electrons. The summed E-state index contributed by atoms with van der Waals surface area (Å²) in [4.78, 5) is 24.2. The number of thiophene rings is 1. The number of aryl methyl sites for hydroxylation is 1. The molecule has 1 amide bonds. The molecular weight excluding hydrogens is 302 g/mol. The van der Waals surface area contributed by atoms with Crippen molar-refractivity contribution in [2.75, 3.05) is 6.61 Å². The minimum absolute atomic E-state index is 0.149. The molecule has 5 nitrogen and oxygen atoms in total. The van der Waals surface area contributed by atoms with Gasteiger partial charge in [0.1, 0.15) is 12.6 Å². The van der Waals surface area contributed by atoms with Crippen molar-refractivity contribution in [3.8, 4) is 11.8 Å². The van der Waals surface area contributed by atoms with Crippen molar-refractivity contribution in [3.05, 3.63) is 21.9 Å². The Morgan fingerprint density at radius 2 is 2.14 bits per heavy atom. The third-order valence-corrected chi connectivity index (χ3v) is 4.21. The van der Waals surface area contributed by atoms with E-state index in [4.69, 9.17) is 10.2 Å². The third kappa shape index (κ3) is 6.74. The van der Waals surface area contributed by atoms with Crippen LogP contribution in [0.1, 0.15) is 36.4 Å². The summed E-state index contributed by atoms with van der Waals surface area (Å²) in [6, 6.07) is 3.09. The molecule has 1 rings (SSSR count). The lowest BCUT2D eigenvalue weighted by Crippen LogP contribution is -2.40. The van der Waals surface area contributed by atoms with E-state index in [0.717, 1.165) is 17.7 Å². The Hall–Kier alpha value is -1.84. The van der Waals surface area contributed by atoms with Crippen LogP contribution < -0.4 is 5.32 Å². The van der Waals surface area contributed by atoms with Crippen molar-refractivity contribution in [3.63, 3.8) is 0 Å². The lowest BCUT2D eigenvalue weighted by molar-refractivity contribution is -0.142. The van der Waals surface area contributed by atoms with Gasteiger partial charge in [-0.15, -0.1) is 11.3 Å². The van der Waals surface area contributed by atoms with Gasteiger partial charge in [-0.25, -0.2) is 4.79 Å². The van der Waals surface area contributed by atoms with E-state index in [1.807, 2.05) is 19.1 Å². The van der Waals surface area contributed by atoms with Crippen molar-refractivity contribution >= 4 is 23.2 Å². The topological polar surface area (TPSA) is 86.6 Å². The van der Waals surface area contributed by atoms with Crippen LogP contribution in [0.25, 0.3) is 0 Å². The number of amides is 1. The highest BCUT2D eigenvalue weighted by Crippen LogP contribution is 2.21. The highest BCUT2D eigenvalue weighted by molar-refractivity contribution is 7.12. The maximum absolute atomic E-state index is 11.1. The molecule has 6 heteroatoms. The number of aliphatic hydroxyl groups is 1. The molecule has 22 heavy (non-hydrogen) atoms. The number of carbonyl (C=O) groups excluding carboxylic acids is 1. The smallest absolute Gasteiger partial charge is 0.326 e. The number of aliphatic carboxylic acids is 1. The summed E-state index contributed by atoms with van der Waals surface area (Å²) in [6.07, 6.45) is 2.10. The van der Waals surface area contributed by atoms with E-state index in [9.17, 15) is 9.59 Å². The molecule has 1 aromatic rings. The number of carbonyl (C=O) groups is 2. The van der Waals surface area contributed by atoms with E-state index in [2.05, 4.69) is 17.2 Å². The number of hydrogen-bond donors (Lipinski definition) is 3. The van der Waals surface area contributed by atoms with Crippen LogP contribution in [0.15, 0.2) is 12.1 Å². The quantitative estimate of drug-likeness (QED) is 0.666. The first-order chi connectivity index (χ1) is 10.4. The van der Waals surface area contributed by atoms with Gasteiger partial charge in [0.25, 0.3) is 0 Å². The Morgan fingerprint density at radius 3 is 2.73 bits per heavy atom. The molecule has 0 aliphatic carbocycles. The first kappa shape index (κ1) is 18.2. The molecule has 0 aromatic carbocycles. The number of carboxylic acids is 1. The highest BCUT2D eigenvalue weighted by atomic mass is 32.1. The maximum Gasteiger partial charge on any atom is 0.326 e. The zero-order valence-electron chi connectivity index (χ0n) is 12.8. The summed E-state index contributed by atoms with van der Waals surface area (Å²) >= 11 is 1.58. The number of carboxylic acid groups (broad SMARTS) is 1. The predicted molar refractivity (Wildman–Crippen MR) is 85.6 cm³/mol. The highest BCUT2D eigenvalue weighted by Gasteiger charge is 2.21. The zero-order valence-corrected chi connectivity index (χ0v) is 13.6. The van der Waals surface area contributed by atoms with Gasteiger partial charge in [-0.1, -0.05) is 18.8 Å². The lowest BCUT2D eigenvalue weighted by atomic mass is 9.96. The fourth-order valence-corrected chi connectivity index (χ4v) is 2.98. The number of rotatable bonds is 7. The zero-order chi connectivity index (χ0) is 16.5. The van der Waals surface area contributed by atoms with Crippen LogP contribution in [-0.4, -0.2) is 34.7 Å². The minimum atomic E-state index is -1.00. The second-order valence-corrected chi connectivity index (χ2v) is 6.37. The van der Waals surface area contributed by atoms with Crippen LogP contribution in [0.4, 0.5) is 0 Å². The van der Waals surface area contributed by atoms with Gasteiger partial charge < -0.3 is 15.5 Å². The second-order valence-electron chi connectivity index (χ2n) is 5.20. The molecule has 2 atom stereocenters. The molecule has 3 N–H and O–H groups in total. The van der Waals surface area contributed by atoms with Gasteiger partial charge in [-0.2, -0.15) is 0 Å². The molecule has 0 bridgehead atoms. The van der Waals surface area contributed by atoms with Crippen molar-refractivity contribution in [1.29, 1.82) is 0 Å². The largest absolute Gasteiger partial charge is 0.480 e. The number of aliphatic hydroxyl groups excluding tert-OH is 1. The Bertz CT molecular complexity index is 570. The van der Waals surface area contributed by atoms with Gasteiger partial charge in [0.05, 0.1) is 4.88 Å². The molecule has 0 aliphatic rings. The van der Waals surface area contributed by atoms with Gasteiger partial charge in [-0.05, 0) is 37.3 Å². The van der Waals surface area contributed by atoms with Crippen LogP contribution in [-0.2, 0) is 16.0 Å². The van der Waals surface area contributed by atoms with Crippen LogP contribution in [0.5, 0.6) is 0 Å². The predicted octanol–water partition coefficient (Wildman–Crippen LogP) is 1.64. The monoisotopic (exact) mass is 323 g/mol. The first-order valence-corrected chi connectivity index (χ1v) is 7.92. The second kappa shape index (κ2) is 9.23. The number of nitrogens with one attached hydrogen (secondary N) is 1. The SMILES string of the molecule is CC(=O)N[C@H](CC(C)CCc1ccc(C#CCO)s1)C(=O)O. The standard InChI is InChI=1S/C16H21NO4S/c1-11(10-15(16(20)21)17-12(2)19)5-6-14-8-7-13(22-14)4-3-9-18/h7-8,11,15,18H,5-6,9-10H2,1-2H3,(H,17,19)(H,20,21)/t11?,15-/m1/s1. The summed E-state index contributed by atoms with van der Waals surface area (Å²) in [5.74, 6) is 4.33. The van der Waals surface area contributed by atoms with Crippen molar-refractivity contribution in [2.24, 2.45) is 5.92 Å². The average Bonchev–Trinajstić information content (AvgIpc) is 2.89. The molecule has 1 aromatic heterocycles. The molecule has 1 unspecified atom stereocenters. The van der Waals surface area contributed by atoms with Gasteiger partial charge in [0.2, 0.25) is 5.91 Å². The molecule has 120 valence electrons. The fraction of sp³-hybridized carbons (Fsp3) is 0.500.